The largest absolute Gasteiger partial charge is 0.397 e. The summed E-state index contributed by atoms with van der Waals surface area (Å²) in [6.07, 6.45) is -14.6. The number of ether oxygens (including phenoxy) is 4. The van der Waals surface area contributed by atoms with Gasteiger partial charge in [0.2, 0.25) is 0 Å². The van der Waals surface area contributed by atoms with E-state index >= 15 is 0 Å². The highest BCUT2D eigenvalue weighted by molar-refractivity contribution is 7.80. The fourth-order valence-electron chi connectivity index (χ4n) is 3.18. The Morgan fingerprint density at radius 1 is 1.00 bits per heavy atom. The van der Waals surface area contributed by atoms with Crippen molar-refractivity contribution in [2.24, 2.45) is 0 Å². The summed E-state index contributed by atoms with van der Waals surface area (Å²) in [6, 6.07) is 0. The summed E-state index contributed by atoms with van der Waals surface area (Å²) < 4.78 is 56.2. The zero-order chi connectivity index (χ0) is 19.2. The topological polar surface area (TPSA) is 202 Å². The quantitative estimate of drug-likeness (QED) is 0.239. The van der Waals surface area contributed by atoms with Gasteiger partial charge in [0.05, 0.1) is 13.2 Å². The lowest BCUT2D eigenvalue weighted by atomic mass is 9.98. The Labute approximate surface area is 147 Å². The highest BCUT2D eigenvalue weighted by atomic mass is 32.3. The van der Waals surface area contributed by atoms with E-state index in [1.165, 1.54) is 0 Å². The molecule has 6 N–H and O–H groups in total. The fraction of sp³-hybridized carbons (Fsp3) is 1.00. The highest BCUT2D eigenvalue weighted by Crippen LogP contribution is 2.33. The first-order chi connectivity index (χ1) is 12.1. The lowest BCUT2D eigenvalue weighted by molar-refractivity contribution is -0.338. The molecule has 0 aromatic carbocycles. The second-order valence-electron chi connectivity index (χ2n) is 6.15. The van der Waals surface area contributed by atoms with Crippen molar-refractivity contribution >= 4 is 10.4 Å². The zero-order valence-corrected chi connectivity index (χ0v) is 14.0. The van der Waals surface area contributed by atoms with E-state index in [0.717, 1.165) is 0 Å². The van der Waals surface area contributed by atoms with Crippen molar-refractivity contribution in [2.75, 3.05) is 13.2 Å². The van der Waals surface area contributed by atoms with Crippen molar-refractivity contribution < 1.29 is 61.6 Å². The molecule has 3 aliphatic heterocycles. The average Bonchev–Trinajstić information content (AvgIpc) is 2.82. The lowest BCUT2D eigenvalue weighted by Crippen LogP contribution is -2.63. The number of hydrogen-bond acceptors (Lipinski definition) is 12. The molecule has 10 atom stereocenters. The van der Waals surface area contributed by atoms with Gasteiger partial charge in [0.25, 0.3) is 0 Å². The van der Waals surface area contributed by atoms with Crippen molar-refractivity contribution in [3.05, 3.63) is 0 Å². The van der Waals surface area contributed by atoms with Crippen LogP contribution in [0.25, 0.3) is 0 Å². The molecule has 0 radical (unpaired) electrons. The minimum absolute atomic E-state index is 0.0219. The van der Waals surface area contributed by atoms with Crippen molar-refractivity contribution in [1.82, 2.24) is 0 Å². The molecule has 0 aromatic heterocycles. The van der Waals surface area contributed by atoms with Gasteiger partial charge in [0.15, 0.2) is 12.6 Å². The smallest absolute Gasteiger partial charge is 0.394 e. The molecule has 0 aromatic rings. The number of rotatable bonds is 5. The molecular weight excluding hydrogens is 384 g/mol. The maximum absolute atomic E-state index is 11.1. The number of hydrogen-bond donors (Lipinski definition) is 6. The second-order valence-corrected chi connectivity index (χ2v) is 7.20. The summed E-state index contributed by atoms with van der Waals surface area (Å²) in [5, 5.41) is 49.1. The molecular formula is C12H20O13S. The van der Waals surface area contributed by atoms with Crippen LogP contribution in [0.3, 0.4) is 0 Å². The lowest BCUT2D eigenvalue weighted by Gasteiger charge is -2.44. The summed E-state index contributed by atoms with van der Waals surface area (Å²) in [5.74, 6) is 0. The first-order valence-corrected chi connectivity index (χ1v) is 9.05. The predicted molar refractivity (Wildman–Crippen MR) is 75.7 cm³/mol. The summed E-state index contributed by atoms with van der Waals surface area (Å²) in [5.41, 5.74) is 0. The van der Waals surface area contributed by atoms with Gasteiger partial charge in [-0.1, -0.05) is 0 Å². The minimum Gasteiger partial charge on any atom is -0.394 e. The maximum atomic E-state index is 11.1. The van der Waals surface area contributed by atoms with Crippen LogP contribution in [-0.4, -0.2) is 113 Å². The first-order valence-electron chi connectivity index (χ1n) is 7.69. The van der Waals surface area contributed by atoms with Crippen LogP contribution >= 0.6 is 0 Å². The molecule has 0 unspecified atom stereocenters. The SMILES string of the molecule is O=S(=O)(O)O[C@@H]1[C@H](O[C@H]2O[C@@H]3CO[C@@H]([C@H]3O)[C@H]2O)[C@@H](O)[C@@H](O)O[C@@H]1CO. The molecule has 26 heavy (non-hydrogen) atoms. The van der Waals surface area contributed by atoms with Crippen LogP contribution < -0.4 is 0 Å². The zero-order valence-electron chi connectivity index (χ0n) is 13.1. The van der Waals surface area contributed by atoms with Gasteiger partial charge >= 0.3 is 10.4 Å². The van der Waals surface area contributed by atoms with E-state index in [9.17, 15) is 34.0 Å². The van der Waals surface area contributed by atoms with E-state index in [1.54, 1.807) is 0 Å². The Hall–Kier alpha value is -0.490. The summed E-state index contributed by atoms with van der Waals surface area (Å²) in [7, 11) is -5.04. The molecule has 3 aliphatic rings. The molecule has 3 saturated heterocycles. The van der Waals surface area contributed by atoms with Crippen LogP contribution in [0.5, 0.6) is 0 Å². The minimum atomic E-state index is -5.04. The second kappa shape index (κ2) is 7.50. The van der Waals surface area contributed by atoms with Gasteiger partial charge in [-0.3, -0.25) is 4.55 Å². The average molecular weight is 404 g/mol. The van der Waals surface area contributed by atoms with Crippen LogP contribution in [0.2, 0.25) is 0 Å². The molecule has 152 valence electrons. The Bertz CT molecular complexity index is 598. The van der Waals surface area contributed by atoms with E-state index in [4.69, 9.17) is 23.5 Å². The Morgan fingerprint density at radius 3 is 2.31 bits per heavy atom. The van der Waals surface area contributed by atoms with E-state index in [1.807, 2.05) is 0 Å². The third kappa shape index (κ3) is 3.87. The normalized spacial score (nSPS) is 49.3. The maximum Gasteiger partial charge on any atom is 0.397 e. The van der Waals surface area contributed by atoms with E-state index in [2.05, 4.69) is 4.18 Å². The molecule has 3 rings (SSSR count). The predicted octanol–water partition coefficient (Wildman–Crippen LogP) is -4.52. The third-order valence-corrected chi connectivity index (χ3v) is 4.90. The van der Waals surface area contributed by atoms with Crippen LogP contribution in [0, 0.1) is 0 Å². The number of aliphatic hydroxyl groups excluding tert-OH is 5. The van der Waals surface area contributed by atoms with Crippen molar-refractivity contribution in [3.8, 4) is 0 Å². The van der Waals surface area contributed by atoms with Crippen molar-refractivity contribution in [2.45, 2.75) is 61.4 Å². The van der Waals surface area contributed by atoms with Gasteiger partial charge in [-0.05, 0) is 0 Å². The molecule has 0 saturated carbocycles. The molecule has 0 aliphatic carbocycles. The van der Waals surface area contributed by atoms with E-state index in [0.29, 0.717) is 0 Å². The van der Waals surface area contributed by atoms with Crippen molar-refractivity contribution in [3.63, 3.8) is 0 Å². The van der Waals surface area contributed by atoms with Crippen LogP contribution in [0.1, 0.15) is 0 Å². The Kier molecular flexibility index (Phi) is 5.84. The summed E-state index contributed by atoms with van der Waals surface area (Å²) in [4.78, 5) is 0. The molecule has 3 heterocycles. The molecule has 3 fully saturated rings. The monoisotopic (exact) mass is 404 g/mol. The summed E-state index contributed by atoms with van der Waals surface area (Å²) >= 11 is 0. The van der Waals surface area contributed by atoms with Gasteiger partial charge < -0.3 is 44.5 Å². The van der Waals surface area contributed by atoms with Gasteiger partial charge in [-0.15, -0.1) is 0 Å². The molecule has 2 bridgehead atoms. The van der Waals surface area contributed by atoms with Gasteiger partial charge in [0, 0.05) is 0 Å². The van der Waals surface area contributed by atoms with Crippen molar-refractivity contribution in [1.29, 1.82) is 0 Å². The molecule has 0 amide bonds. The van der Waals surface area contributed by atoms with E-state index in [-0.39, 0.29) is 6.61 Å². The first kappa shape index (κ1) is 20.2. The van der Waals surface area contributed by atoms with Crippen LogP contribution in [-0.2, 0) is 33.5 Å². The Morgan fingerprint density at radius 2 is 1.69 bits per heavy atom. The number of fused-ring (bicyclic) bond motifs is 2. The summed E-state index contributed by atoms with van der Waals surface area (Å²) in [6.45, 7) is -0.864. The van der Waals surface area contributed by atoms with E-state index < -0.39 is 78.4 Å². The molecule has 0 spiro atoms. The van der Waals surface area contributed by atoms with Crippen LogP contribution in [0.4, 0.5) is 0 Å². The molecule has 14 heteroatoms. The third-order valence-electron chi connectivity index (χ3n) is 4.43. The van der Waals surface area contributed by atoms with Crippen LogP contribution in [0.15, 0.2) is 0 Å². The standard InChI is InChI=1S/C12H20O13S/c13-1-3-8(25-26(18,19)20)10(6(15)11(17)22-3)24-12-7(16)9-5(14)4(23-12)2-21-9/h3-17H,1-2H2,(H,18,19,20)/t3-,4-,5+,6-,7-,8+,9+,10-,11+,12-/m1/s1. The Balaban J connectivity index is 1.81. The molecule has 13 nitrogen and oxygen atoms in total. The van der Waals surface area contributed by atoms with Gasteiger partial charge in [0.1, 0.15) is 48.8 Å². The fourth-order valence-corrected chi connectivity index (χ4v) is 3.69. The van der Waals surface area contributed by atoms with Gasteiger partial charge in [-0.25, -0.2) is 4.18 Å². The highest BCUT2D eigenvalue weighted by Gasteiger charge is 2.54. The van der Waals surface area contributed by atoms with Gasteiger partial charge in [-0.2, -0.15) is 8.42 Å². The number of aliphatic hydroxyl groups is 5.